The molecular weight excluding hydrogens is 162 g/mol. The molecule has 0 aromatic carbocycles. The standard InChI is InChI=1S/C7H13NO4/c1-4(2)5(6(9)10)8-7(11)12-3/h4-5H,1-3H3,(H,8,11)(H,9,10)/t5-/m1/s1/i1D3,2D3,4D,5D. The highest BCUT2D eigenvalue weighted by Gasteiger charge is 2.23. The summed E-state index contributed by atoms with van der Waals surface area (Å²) in [6.45, 7) is -7.39. The Hall–Kier alpha value is -1.26. The van der Waals surface area contributed by atoms with Crippen molar-refractivity contribution < 1.29 is 30.4 Å². The van der Waals surface area contributed by atoms with Crippen LogP contribution in [-0.2, 0) is 9.53 Å². The predicted octanol–water partition coefficient (Wildman–Crippen LogP) is 0.452. The van der Waals surface area contributed by atoms with Gasteiger partial charge in [0, 0.05) is 9.60 Å². The average molecular weight is 183 g/mol. The van der Waals surface area contributed by atoms with Crippen molar-refractivity contribution in [3.05, 3.63) is 0 Å². The Labute approximate surface area is 81.9 Å². The molecule has 1 atom stereocenters. The Morgan fingerprint density at radius 3 is 2.58 bits per heavy atom. The van der Waals surface area contributed by atoms with Crippen LogP contribution in [0.5, 0.6) is 0 Å². The third kappa shape index (κ3) is 3.23. The minimum atomic E-state index is -3.81. The Bertz CT molecular complexity index is 391. The summed E-state index contributed by atoms with van der Waals surface area (Å²) in [6.07, 6.45) is -1.55. The number of carbonyl (C=O) groups is 2. The molecule has 0 rings (SSSR count). The number of carbonyl (C=O) groups excluding carboxylic acids is 1. The van der Waals surface area contributed by atoms with E-state index in [4.69, 9.17) is 16.1 Å². The molecule has 0 aliphatic heterocycles. The van der Waals surface area contributed by atoms with Crippen molar-refractivity contribution in [1.29, 1.82) is 0 Å². The highest BCUT2D eigenvalue weighted by molar-refractivity contribution is 5.80. The number of carboxylic acids is 1. The van der Waals surface area contributed by atoms with Gasteiger partial charge in [0.05, 0.1) is 8.48 Å². The summed E-state index contributed by atoms with van der Waals surface area (Å²) in [7, 11) is 0.800. The van der Waals surface area contributed by atoms with Crippen LogP contribution in [0.1, 0.15) is 24.7 Å². The third-order valence-electron chi connectivity index (χ3n) is 0.876. The van der Waals surface area contributed by atoms with Crippen molar-refractivity contribution in [3.8, 4) is 0 Å². The van der Waals surface area contributed by atoms with Gasteiger partial charge in [0.25, 0.3) is 0 Å². The zero-order valence-corrected chi connectivity index (χ0v) is 6.17. The lowest BCUT2D eigenvalue weighted by molar-refractivity contribution is -0.140. The topological polar surface area (TPSA) is 75.6 Å². The molecule has 0 saturated carbocycles. The number of nitrogens with one attached hydrogen (secondary N) is 1. The van der Waals surface area contributed by atoms with Crippen LogP contribution in [0.3, 0.4) is 0 Å². The van der Waals surface area contributed by atoms with E-state index in [1.807, 2.05) is 0 Å². The maximum atomic E-state index is 11.1. The largest absolute Gasteiger partial charge is 0.480 e. The quantitative estimate of drug-likeness (QED) is 0.666. The van der Waals surface area contributed by atoms with Crippen LogP contribution in [0.15, 0.2) is 0 Å². The first-order chi connectivity index (χ1) is 8.65. The molecule has 0 spiro atoms. The van der Waals surface area contributed by atoms with Gasteiger partial charge in [0.2, 0.25) is 0 Å². The molecule has 0 unspecified atom stereocenters. The maximum absolute atomic E-state index is 11.1. The number of amides is 1. The zero-order chi connectivity index (χ0) is 16.6. The van der Waals surface area contributed by atoms with E-state index < -0.39 is 37.7 Å². The van der Waals surface area contributed by atoms with E-state index in [0.29, 0.717) is 0 Å². The fraction of sp³-hybridized carbons (Fsp3) is 0.714. The molecule has 0 aromatic rings. The van der Waals surface area contributed by atoms with E-state index in [1.54, 1.807) is 0 Å². The van der Waals surface area contributed by atoms with E-state index >= 15 is 0 Å². The first kappa shape index (κ1) is 3.24. The summed E-state index contributed by atoms with van der Waals surface area (Å²) in [5, 5.41) is 10.3. The minimum Gasteiger partial charge on any atom is -0.480 e. The predicted molar refractivity (Wildman–Crippen MR) is 41.8 cm³/mol. The van der Waals surface area contributed by atoms with Crippen molar-refractivity contribution in [2.24, 2.45) is 5.89 Å². The summed E-state index contributed by atoms with van der Waals surface area (Å²) >= 11 is 0. The Morgan fingerprint density at radius 1 is 1.67 bits per heavy atom. The van der Waals surface area contributed by atoms with Gasteiger partial charge in [-0.1, -0.05) is 13.7 Å². The summed E-state index contributed by atoms with van der Waals surface area (Å²) in [5.41, 5.74) is 0. The van der Waals surface area contributed by atoms with Gasteiger partial charge in [-0.3, -0.25) is 0 Å². The van der Waals surface area contributed by atoms with Crippen LogP contribution in [0, 0.1) is 5.89 Å². The molecule has 0 bridgehead atoms. The Kier molecular flexibility index (Phi) is 1.24. The second kappa shape index (κ2) is 4.58. The molecule has 0 aliphatic rings. The number of ether oxygens (including phenoxy) is 1. The highest BCUT2D eigenvalue weighted by atomic mass is 16.5. The molecule has 0 radical (unpaired) electrons. The molecule has 1 amide bonds. The normalized spacial score (nSPS) is 27.8. The van der Waals surface area contributed by atoms with Crippen molar-refractivity contribution >= 4 is 12.1 Å². The first-order valence-corrected chi connectivity index (χ1v) is 2.74. The fourth-order valence-electron chi connectivity index (χ4n) is 0.376. The Morgan fingerprint density at radius 2 is 2.25 bits per heavy atom. The second-order valence-electron chi connectivity index (χ2n) is 1.67. The van der Waals surface area contributed by atoms with Gasteiger partial charge in [0.15, 0.2) is 0 Å². The number of hydrogen-bond donors (Lipinski definition) is 2. The first-order valence-electron chi connectivity index (χ1n) is 6.74. The van der Waals surface area contributed by atoms with E-state index in [9.17, 15) is 9.59 Å². The summed E-state index contributed by atoms with van der Waals surface area (Å²) < 4.78 is 61.8. The molecule has 70 valence electrons. The monoisotopic (exact) mass is 183 g/mol. The number of rotatable bonds is 3. The van der Waals surface area contributed by atoms with E-state index in [1.165, 1.54) is 5.32 Å². The molecule has 5 heteroatoms. The molecule has 0 aromatic heterocycles. The lowest BCUT2D eigenvalue weighted by Gasteiger charge is -2.16. The van der Waals surface area contributed by atoms with Crippen LogP contribution in [0.2, 0.25) is 0 Å². The average Bonchev–Trinajstić information content (AvgIpc) is 2.23. The lowest BCUT2D eigenvalue weighted by atomic mass is 10.1. The maximum Gasteiger partial charge on any atom is 0.407 e. The number of carboxylic acid groups (broad SMARTS) is 1. The van der Waals surface area contributed by atoms with E-state index in [-0.39, 0.29) is 0 Å². The SMILES string of the molecule is [2H]C([2H])([2H])C([2H])(C([2H])([2H])[2H])[C@@]([2H])(NC(=O)OC)C(=O)O. The zero-order valence-electron chi connectivity index (χ0n) is 14.2. The smallest absolute Gasteiger partial charge is 0.407 e. The number of alkyl carbamates (subject to hydrolysis) is 1. The molecule has 12 heavy (non-hydrogen) atoms. The number of methoxy groups -OCH3 is 1. The van der Waals surface area contributed by atoms with E-state index in [0.717, 1.165) is 7.11 Å². The summed E-state index contributed by atoms with van der Waals surface area (Å²) in [5.74, 6) is -6.13. The van der Waals surface area contributed by atoms with Crippen LogP contribution >= 0.6 is 0 Å². The molecule has 2 N–H and O–H groups in total. The van der Waals surface area contributed by atoms with Crippen LogP contribution < -0.4 is 5.32 Å². The minimum absolute atomic E-state index is 0.800. The molecule has 0 aliphatic carbocycles. The fourth-order valence-corrected chi connectivity index (χ4v) is 0.376. The lowest BCUT2D eigenvalue weighted by Crippen LogP contribution is -2.44. The van der Waals surface area contributed by atoms with Gasteiger partial charge in [-0.15, -0.1) is 0 Å². The van der Waals surface area contributed by atoms with Gasteiger partial charge >= 0.3 is 12.1 Å². The van der Waals surface area contributed by atoms with Gasteiger partial charge < -0.3 is 15.2 Å². The molecular formula is C7H13NO4. The van der Waals surface area contributed by atoms with E-state index in [2.05, 4.69) is 4.74 Å². The number of hydrogen-bond acceptors (Lipinski definition) is 3. The van der Waals surface area contributed by atoms with Gasteiger partial charge in [0.1, 0.15) is 6.02 Å². The third-order valence-corrected chi connectivity index (χ3v) is 0.876. The molecule has 0 heterocycles. The molecule has 0 saturated heterocycles. The van der Waals surface area contributed by atoms with Gasteiger partial charge in [-0.25, -0.2) is 9.59 Å². The van der Waals surface area contributed by atoms with Crippen LogP contribution in [-0.4, -0.2) is 30.3 Å². The van der Waals surface area contributed by atoms with Crippen molar-refractivity contribution in [2.75, 3.05) is 7.11 Å². The number of aliphatic carboxylic acids is 1. The van der Waals surface area contributed by atoms with Crippen LogP contribution in [0.25, 0.3) is 0 Å². The second-order valence-corrected chi connectivity index (χ2v) is 1.67. The summed E-state index contributed by atoms with van der Waals surface area (Å²) in [6, 6.07) is -3.67. The highest BCUT2D eigenvalue weighted by Crippen LogP contribution is 2.01. The van der Waals surface area contributed by atoms with Crippen molar-refractivity contribution in [3.63, 3.8) is 0 Å². The van der Waals surface area contributed by atoms with Gasteiger partial charge in [-0.2, -0.15) is 0 Å². The van der Waals surface area contributed by atoms with Crippen molar-refractivity contribution in [2.45, 2.75) is 19.7 Å². The summed E-state index contributed by atoms with van der Waals surface area (Å²) in [4.78, 5) is 22.2. The van der Waals surface area contributed by atoms with Crippen molar-refractivity contribution in [1.82, 2.24) is 5.32 Å². The van der Waals surface area contributed by atoms with Gasteiger partial charge in [-0.05, 0) is 5.89 Å². The molecule has 0 fully saturated rings. The molecule has 5 nitrogen and oxygen atoms in total. The Balaban J connectivity index is 6.22. The van der Waals surface area contributed by atoms with Crippen LogP contribution in [0.4, 0.5) is 4.79 Å².